The minimum absolute atomic E-state index is 0.127. The maximum Gasteiger partial charge on any atom is 0.136 e. The van der Waals surface area contributed by atoms with E-state index in [0.29, 0.717) is 0 Å². The first kappa shape index (κ1) is 61.5. The molecule has 24 aromatic rings. The van der Waals surface area contributed by atoms with Gasteiger partial charge in [-0.1, -0.05) is 208 Å². The molecular formula is C105H59NO3S3. The van der Waals surface area contributed by atoms with E-state index in [1.807, 2.05) is 40.1 Å². The average molecular weight is 1480 g/mol. The Bertz CT molecular complexity index is 8260. The number of nitrogens with zero attached hydrogens (tertiary/aromatic N) is 1. The van der Waals surface area contributed by atoms with Crippen LogP contribution in [0.4, 0.5) is 17.1 Å². The summed E-state index contributed by atoms with van der Waals surface area (Å²) in [6.07, 6.45) is 0. The number of benzene rings is 18. The Balaban J connectivity index is 0.0000000949. The summed E-state index contributed by atoms with van der Waals surface area (Å²) in [6.45, 7) is 4.77. The lowest BCUT2D eigenvalue weighted by atomic mass is 9.80. The van der Waals surface area contributed by atoms with E-state index in [-0.39, 0.29) is 5.41 Å². The fourth-order valence-corrected chi connectivity index (χ4v) is 23.6. The van der Waals surface area contributed by atoms with E-state index < -0.39 is 0 Å². The van der Waals surface area contributed by atoms with Crippen molar-refractivity contribution < 1.29 is 13.3 Å². The molecule has 0 N–H and O–H groups in total. The molecule has 18 aromatic carbocycles. The van der Waals surface area contributed by atoms with Crippen molar-refractivity contribution >= 4 is 210 Å². The van der Waals surface area contributed by atoms with Crippen molar-refractivity contribution in [2.24, 2.45) is 0 Å². The maximum atomic E-state index is 6.47. The van der Waals surface area contributed by atoms with Gasteiger partial charge in [-0.25, -0.2) is 0 Å². The molecule has 0 saturated heterocycles. The SMILES string of the molecule is CC1(C)c2cc(-c3ccc(N(c4ccccc4)c4ccccc4)cc3)cc3c2-c2c1ccc1ccc4oc5cccc-3c5c4c21.c1ccc(-c2ccc3sc4ccc5ccc6oc7cccc8c7c6c5c4c3c2-8)cc1.c1ccc2c(c1)oc1cc(-c3cc4sc5cccc6c5c4c4c3ccc3sc5cccc-6c5c34)ccc12. The molecule has 6 aromatic heterocycles. The van der Waals surface area contributed by atoms with Crippen LogP contribution in [0.5, 0.6) is 0 Å². The van der Waals surface area contributed by atoms with Gasteiger partial charge in [0.2, 0.25) is 0 Å². The Hall–Kier alpha value is -13.4. The number of rotatable bonds is 6. The van der Waals surface area contributed by atoms with E-state index in [4.69, 9.17) is 13.3 Å². The molecule has 4 nitrogen and oxygen atoms in total. The summed E-state index contributed by atoms with van der Waals surface area (Å²) in [5.41, 5.74) is 30.0. The molecule has 0 amide bonds. The smallest absolute Gasteiger partial charge is 0.136 e. The molecule has 0 radical (unpaired) electrons. The van der Waals surface area contributed by atoms with E-state index in [9.17, 15) is 0 Å². The fraction of sp³-hybridized carbons (Fsp3) is 0.0286. The normalized spacial score (nSPS) is 13.2. The molecule has 6 heterocycles. The van der Waals surface area contributed by atoms with Crippen LogP contribution in [0.3, 0.4) is 0 Å². The van der Waals surface area contributed by atoms with Crippen molar-refractivity contribution in [3.63, 3.8) is 0 Å². The molecule has 520 valence electrons. The van der Waals surface area contributed by atoms with E-state index >= 15 is 0 Å². The fourth-order valence-electron chi connectivity index (χ4n) is 20.2. The topological polar surface area (TPSA) is 42.7 Å². The molecule has 0 bridgehead atoms. The average Bonchev–Trinajstić information content (AvgIpc) is 1.53. The number of para-hydroxylation sites is 3. The Kier molecular flexibility index (Phi) is 12.3. The third kappa shape index (κ3) is 8.28. The van der Waals surface area contributed by atoms with Gasteiger partial charge in [-0.2, -0.15) is 0 Å². The summed E-state index contributed by atoms with van der Waals surface area (Å²) in [5.74, 6) is 0. The van der Waals surface area contributed by atoms with Gasteiger partial charge in [0.05, 0.1) is 0 Å². The van der Waals surface area contributed by atoms with Crippen molar-refractivity contribution in [3.8, 4) is 77.9 Å². The highest BCUT2D eigenvalue weighted by Crippen LogP contribution is 2.62. The minimum atomic E-state index is -0.127. The molecule has 0 spiro atoms. The van der Waals surface area contributed by atoms with Crippen LogP contribution in [0.25, 0.3) is 237 Å². The molecule has 7 heteroatoms. The third-order valence-corrected chi connectivity index (χ3v) is 28.3. The molecule has 0 aliphatic heterocycles. The van der Waals surface area contributed by atoms with Crippen molar-refractivity contribution in [3.05, 3.63) is 333 Å². The van der Waals surface area contributed by atoms with Crippen LogP contribution in [0.15, 0.2) is 335 Å². The molecule has 0 fully saturated rings. The summed E-state index contributed by atoms with van der Waals surface area (Å²) in [5, 5.41) is 23.7. The zero-order chi connectivity index (χ0) is 73.1. The van der Waals surface area contributed by atoms with Crippen LogP contribution in [0.2, 0.25) is 0 Å². The quantitative estimate of drug-likeness (QED) is 0.166. The van der Waals surface area contributed by atoms with Crippen LogP contribution in [-0.2, 0) is 5.41 Å². The number of hydrogen-bond donors (Lipinski definition) is 0. The Morgan fingerprint density at radius 1 is 0.223 bits per heavy atom. The standard InChI is InChI=1S/C43H29NO.C34H16OS2.C28H14OS/c1-43(2)34-22-18-27-19-23-37-42-38(27)41(34)39-33(32-14-9-15-36(45-37)40(32)42)24-28(25-35(39)43)26-16-20-31(21-17-26)44(29-10-5-3-6-11-29)30-12-7-4-8-13-30;1-2-8-24-18(5-1)19-12-11-17(15-25(19)35-24)23-16-29-34-31-21(7-4-10-27(31)37-29)20-6-3-9-26-30(20)33-28(36-26)14-13-22(23)32(33)34;1-2-5-15(6-3-1)17-11-14-22-28-24(17)18-7-4-8-19-25(18)26-20(29-19)12-9-16-10-13-21(30-22)27(28)23(16)26/h3-25H,1-2H3;1-16H;1-14H. The molecule has 112 heavy (non-hydrogen) atoms. The maximum absolute atomic E-state index is 6.47. The molecule has 0 atom stereocenters. The number of anilines is 3. The highest BCUT2D eigenvalue weighted by atomic mass is 32.1. The van der Waals surface area contributed by atoms with Gasteiger partial charge >= 0.3 is 0 Å². The van der Waals surface area contributed by atoms with Gasteiger partial charge in [-0.3, -0.25) is 0 Å². The molecule has 4 aliphatic rings. The van der Waals surface area contributed by atoms with Gasteiger partial charge < -0.3 is 18.2 Å². The summed E-state index contributed by atoms with van der Waals surface area (Å²) >= 11 is 5.73. The van der Waals surface area contributed by atoms with Gasteiger partial charge in [0.25, 0.3) is 0 Å². The summed E-state index contributed by atoms with van der Waals surface area (Å²) in [4.78, 5) is 2.31. The number of hydrogen-bond acceptors (Lipinski definition) is 7. The summed E-state index contributed by atoms with van der Waals surface area (Å²) < 4.78 is 27.3. The molecule has 28 rings (SSSR count). The third-order valence-electron chi connectivity index (χ3n) is 25.0. The van der Waals surface area contributed by atoms with Gasteiger partial charge in [-0.05, 0) is 233 Å². The van der Waals surface area contributed by atoms with Gasteiger partial charge in [-0.15, -0.1) is 34.0 Å². The largest absolute Gasteiger partial charge is 0.456 e. The monoisotopic (exact) mass is 1480 g/mol. The highest BCUT2D eigenvalue weighted by molar-refractivity contribution is 7.27. The van der Waals surface area contributed by atoms with Crippen molar-refractivity contribution in [2.75, 3.05) is 4.90 Å². The number of thiophene rings is 3. The highest BCUT2D eigenvalue weighted by Gasteiger charge is 2.41. The van der Waals surface area contributed by atoms with E-state index in [1.54, 1.807) is 0 Å². The Morgan fingerprint density at radius 3 is 1.45 bits per heavy atom. The lowest BCUT2D eigenvalue weighted by Crippen LogP contribution is -2.15. The first-order valence-corrected chi connectivity index (χ1v) is 40.9. The van der Waals surface area contributed by atoms with Gasteiger partial charge in [0.15, 0.2) is 0 Å². The van der Waals surface area contributed by atoms with Gasteiger partial charge in [0, 0.05) is 131 Å². The van der Waals surface area contributed by atoms with E-state index in [1.165, 1.54) is 214 Å². The summed E-state index contributed by atoms with van der Waals surface area (Å²) in [7, 11) is 0. The summed E-state index contributed by atoms with van der Waals surface area (Å²) in [6, 6.07) is 117. The molecule has 4 aliphatic carbocycles. The van der Waals surface area contributed by atoms with Crippen LogP contribution in [0, 0.1) is 0 Å². The van der Waals surface area contributed by atoms with Crippen molar-refractivity contribution in [1.82, 2.24) is 0 Å². The van der Waals surface area contributed by atoms with Crippen LogP contribution in [0.1, 0.15) is 25.0 Å². The first-order valence-electron chi connectivity index (χ1n) is 38.4. The molecule has 0 saturated carbocycles. The van der Waals surface area contributed by atoms with E-state index in [2.05, 4.69) is 334 Å². The first-order chi connectivity index (χ1) is 55.3. The number of furan rings is 3. The lowest BCUT2D eigenvalue weighted by molar-refractivity contribution is 0.661. The van der Waals surface area contributed by atoms with Crippen LogP contribution in [-0.4, -0.2) is 0 Å². The predicted octanol–water partition coefficient (Wildman–Crippen LogP) is 32.0. The zero-order valence-corrected chi connectivity index (χ0v) is 62.9. The van der Waals surface area contributed by atoms with Crippen molar-refractivity contribution in [2.45, 2.75) is 19.3 Å². The Labute approximate surface area is 652 Å². The van der Waals surface area contributed by atoms with Crippen molar-refractivity contribution in [1.29, 1.82) is 0 Å². The Morgan fingerprint density at radius 2 is 0.723 bits per heavy atom. The van der Waals surface area contributed by atoms with E-state index in [0.717, 1.165) is 50.6 Å². The number of fused-ring (bicyclic) bond motifs is 6. The molecule has 0 unspecified atom stereocenters. The van der Waals surface area contributed by atoms with Crippen LogP contribution >= 0.6 is 34.0 Å². The second-order valence-electron chi connectivity index (χ2n) is 31.0. The minimum Gasteiger partial charge on any atom is -0.456 e. The lowest BCUT2D eigenvalue weighted by Gasteiger charge is -2.26. The predicted molar refractivity (Wildman–Crippen MR) is 478 cm³/mol. The van der Waals surface area contributed by atoms with Gasteiger partial charge in [0.1, 0.15) is 33.5 Å². The molecular weight excluding hydrogens is 1420 g/mol. The second-order valence-corrected chi connectivity index (χ2v) is 34.3. The zero-order valence-electron chi connectivity index (χ0n) is 60.5. The van der Waals surface area contributed by atoms with Crippen LogP contribution < -0.4 is 4.90 Å². The second kappa shape index (κ2) is 22.4.